The van der Waals surface area contributed by atoms with E-state index in [2.05, 4.69) is 20.6 Å². The topological polar surface area (TPSA) is 81.4 Å². The zero-order valence-corrected chi connectivity index (χ0v) is 19.3. The number of carbonyl (C=O) groups excluding carboxylic acids is 1. The summed E-state index contributed by atoms with van der Waals surface area (Å²) in [6.45, 7) is 1.77. The maximum atomic E-state index is 13.1. The summed E-state index contributed by atoms with van der Waals surface area (Å²) in [5.41, 5.74) is 1.40. The molecular weight excluding hydrogens is 494 g/mol. The van der Waals surface area contributed by atoms with E-state index in [0.29, 0.717) is 27.6 Å². The summed E-state index contributed by atoms with van der Waals surface area (Å²) < 4.78 is 45.9. The molecule has 0 bridgehead atoms. The number of carbonyl (C=O) groups is 1. The Morgan fingerprint density at radius 3 is 2.47 bits per heavy atom. The van der Waals surface area contributed by atoms with E-state index in [1.54, 1.807) is 31.2 Å². The molecule has 0 saturated carbocycles. The lowest BCUT2D eigenvalue weighted by Crippen LogP contribution is -2.19. The highest BCUT2D eigenvalue weighted by Crippen LogP contribution is 2.34. The van der Waals surface area contributed by atoms with Gasteiger partial charge < -0.3 is 10.1 Å². The monoisotopic (exact) mass is 509 g/mol. The number of amides is 1. The van der Waals surface area contributed by atoms with Crippen molar-refractivity contribution in [2.24, 2.45) is 0 Å². The predicted molar refractivity (Wildman–Crippen MR) is 121 cm³/mol. The van der Waals surface area contributed by atoms with Crippen LogP contribution in [0.2, 0.25) is 10.0 Å². The van der Waals surface area contributed by atoms with Crippen LogP contribution < -0.4 is 5.32 Å². The maximum Gasteiger partial charge on any atom is 0.416 e. The number of halogens is 5. The molecule has 0 aliphatic rings. The first kappa shape index (κ1) is 23.9. The molecule has 34 heavy (non-hydrogen) atoms. The first-order valence-electron chi connectivity index (χ1n) is 9.78. The van der Waals surface area contributed by atoms with Crippen LogP contribution in [0.5, 0.6) is 0 Å². The zero-order valence-electron chi connectivity index (χ0n) is 17.7. The Morgan fingerprint density at radius 1 is 1.12 bits per heavy atom. The number of hydrogen-bond donors (Lipinski definition) is 1. The molecule has 7 nitrogen and oxygen atoms in total. The molecule has 0 spiro atoms. The van der Waals surface area contributed by atoms with E-state index in [-0.39, 0.29) is 23.0 Å². The lowest BCUT2D eigenvalue weighted by molar-refractivity contribution is -0.137. The average molecular weight is 510 g/mol. The maximum absolute atomic E-state index is 13.1. The van der Waals surface area contributed by atoms with E-state index in [4.69, 9.17) is 27.9 Å². The van der Waals surface area contributed by atoms with E-state index in [9.17, 15) is 18.0 Å². The van der Waals surface area contributed by atoms with Crippen LogP contribution in [0.25, 0.3) is 16.8 Å². The number of nitrogens with zero attached hydrogens (tertiary/aromatic N) is 4. The van der Waals surface area contributed by atoms with Crippen molar-refractivity contribution in [3.05, 3.63) is 75.2 Å². The Balaban J connectivity index is 1.76. The first-order valence-corrected chi connectivity index (χ1v) is 10.5. The van der Waals surface area contributed by atoms with Gasteiger partial charge in [-0.25, -0.2) is 4.52 Å². The van der Waals surface area contributed by atoms with Crippen molar-refractivity contribution in [1.82, 2.24) is 19.8 Å². The number of aryl methyl sites for hydroxylation is 1. The van der Waals surface area contributed by atoms with Crippen molar-refractivity contribution in [1.29, 1.82) is 0 Å². The second kappa shape index (κ2) is 9.21. The second-order valence-electron chi connectivity index (χ2n) is 7.28. The van der Waals surface area contributed by atoms with Crippen molar-refractivity contribution in [2.45, 2.75) is 19.7 Å². The van der Waals surface area contributed by atoms with Crippen molar-refractivity contribution in [3.63, 3.8) is 0 Å². The summed E-state index contributed by atoms with van der Waals surface area (Å²) in [5.74, 6) is -0.787. The molecule has 0 radical (unpaired) electrons. The second-order valence-corrected chi connectivity index (χ2v) is 8.12. The van der Waals surface area contributed by atoms with Crippen LogP contribution in [0.3, 0.4) is 0 Å². The van der Waals surface area contributed by atoms with Gasteiger partial charge in [0.2, 0.25) is 0 Å². The van der Waals surface area contributed by atoms with Crippen LogP contribution in [0.1, 0.15) is 27.4 Å². The van der Waals surface area contributed by atoms with Gasteiger partial charge in [0.1, 0.15) is 0 Å². The van der Waals surface area contributed by atoms with Crippen molar-refractivity contribution in [2.75, 3.05) is 12.4 Å². The van der Waals surface area contributed by atoms with Gasteiger partial charge in [0.05, 0.1) is 39.8 Å². The number of hydrogen-bond acceptors (Lipinski definition) is 5. The smallest absolute Gasteiger partial charge is 0.378 e. The summed E-state index contributed by atoms with van der Waals surface area (Å²) in [5, 5.41) is 15.6. The van der Waals surface area contributed by atoms with Crippen molar-refractivity contribution >= 4 is 40.4 Å². The van der Waals surface area contributed by atoms with Crippen LogP contribution >= 0.6 is 23.2 Å². The number of nitrogens with one attached hydrogen (secondary N) is 1. The van der Waals surface area contributed by atoms with Gasteiger partial charge in [0.25, 0.3) is 5.91 Å². The molecule has 176 valence electrons. The number of rotatable bonds is 5. The minimum Gasteiger partial charge on any atom is -0.378 e. The van der Waals surface area contributed by atoms with Crippen molar-refractivity contribution in [3.8, 4) is 11.1 Å². The Kier molecular flexibility index (Phi) is 6.48. The molecule has 12 heteroatoms. The number of aromatic nitrogens is 4. The molecule has 4 aromatic rings. The van der Waals surface area contributed by atoms with E-state index in [0.717, 1.165) is 23.8 Å². The summed E-state index contributed by atoms with van der Waals surface area (Å²) >= 11 is 12.0. The molecule has 0 aliphatic heterocycles. The number of anilines is 1. The van der Waals surface area contributed by atoms with Crippen LogP contribution in [-0.2, 0) is 17.5 Å². The summed E-state index contributed by atoms with van der Waals surface area (Å²) in [6.07, 6.45) is -4.59. The van der Waals surface area contributed by atoms with Crippen LogP contribution in [0.4, 0.5) is 18.9 Å². The van der Waals surface area contributed by atoms with E-state index in [1.165, 1.54) is 11.6 Å². The van der Waals surface area contributed by atoms with Gasteiger partial charge in [-0.2, -0.15) is 18.3 Å². The molecule has 2 aromatic carbocycles. The number of benzene rings is 2. The summed E-state index contributed by atoms with van der Waals surface area (Å²) in [4.78, 5) is 12.9. The first-order chi connectivity index (χ1) is 16.1. The highest BCUT2D eigenvalue weighted by atomic mass is 35.5. The van der Waals surface area contributed by atoms with Gasteiger partial charge in [0.15, 0.2) is 11.3 Å². The average Bonchev–Trinajstić information content (AvgIpc) is 3.14. The standard InChI is InChI=1S/C22H16Cl2F3N5O2/c1-11-19(21(33)28-16-9-13(22(25,26)27)5-8-15(16)24)29-30-20-18(12-3-6-14(23)7-4-12)17(10-34-2)31-32(11)20/h3-9H,10H2,1-2H3,(H,28,33). The van der Waals surface area contributed by atoms with Crippen molar-refractivity contribution < 1.29 is 22.7 Å². The van der Waals surface area contributed by atoms with Gasteiger partial charge >= 0.3 is 6.18 Å². The normalized spacial score (nSPS) is 11.7. The zero-order chi connectivity index (χ0) is 24.6. The van der Waals surface area contributed by atoms with Crippen LogP contribution in [0, 0.1) is 6.92 Å². The number of methoxy groups -OCH3 is 1. The fraction of sp³-hybridized carbons (Fsp3) is 0.182. The van der Waals surface area contributed by atoms with E-state index >= 15 is 0 Å². The quantitative estimate of drug-likeness (QED) is 0.366. The Hall–Kier alpha value is -3.21. The molecule has 0 unspecified atom stereocenters. The molecule has 2 heterocycles. The lowest BCUT2D eigenvalue weighted by atomic mass is 10.1. The Morgan fingerprint density at radius 2 is 1.82 bits per heavy atom. The molecule has 2 aromatic heterocycles. The van der Waals surface area contributed by atoms with Crippen LogP contribution in [0.15, 0.2) is 42.5 Å². The SMILES string of the molecule is COCc1nn2c(C)c(C(=O)Nc3cc(C(F)(F)F)ccc3Cl)nnc2c1-c1ccc(Cl)cc1. The van der Waals surface area contributed by atoms with E-state index < -0.39 is 17.6 Å². The number of ether oxygens (including phenoxy) is 1. The highest BCUT2D eigenvalue weighted by Gasteiger charge is 2.31. The fourth-order valence-corrected chi connectivity index (χ4v) is 3.68. The molecule has 0 atom stereocenters. The van der Waals surface area contributed by atoms with Gasteiger partial charge in [-0.1, -0.05) is 35.3 Å². The third-order valence-electron chi connectivity index (χ3n) is 5.01. The minimum atomic E-state index is -4.59. The fourth-order valence-electron chi connectivity index (χ4n) is 3.39. The third kappa shape index (κ3) is 4.56. The van der Waals surface area contributed by atoms with E-state index in [1.807, 2.05) is 0 Å². The minimum absolute atomic E-state index is 0.0560. The largest absolute Gasteiger partial charge is 0.416 e. The van der Waals surface area contributed by atoms with Gasteiger partial charge in [-0.3, -0.25) is 4.79 Å². The summed E-state index contributed by atoms with van der Waals surface area (Å²) in [7, 11) is 1.52. The predicted octanol–water partition coefficient (Wildman–Crippen LogP) is 5.82. The molecule has 4 rings (SSSR count). The molecular formula is C22H16Cl2F3N5O2. The molecule has 0 fully saturated rings. The highest BCUT2D eigenvalue weighted by molar-refractivity contribution is 6.34. The van der Waals surface area contributed by atoms with Gasteiger partial charge in [-0.15, -0.1) is 10.2 Å². The third-order valence-corrected chi connectivity index (χ3v) is 5.59. The molecule has 1 N–H and O–H groups in total. The summed E-state index contributed by atoms with van der Waals surface area (Å²) in [6, 6.07) is 9.68. The number of alkyl halides is 3. The van der Waals surface area contributed by atoms with Gasteiger partial charge in [0, 0.05) is 12.1 Å². The Labute approximate surface area is 201 Å². The molecule has 0 aliphatic carbocycles. The van der Waals surface area contributed by atoms with Crippen LogP contribution in [-0.4, -0.2) is 32.8 Å². The lowest BCUT2D eigenvalue weighted by Gasteiger charge is -2.12. The number of fused-ring (bicyclic) bond motifs is 1. The molecule has 0 saturated heterocycles. The van der Waals surface area contributed by atoms with Gasteiger partial charge in [-0.05, 0) is 42.8 Å². The Bertz CT molecular complexity index is 1390. The molecule has 1 amide bonds.